The van der Waals surface area contributed by atoms with Crippen molar-refractivity contribution >= 4 is 17.5 Å². The van der Waals surface area contributed by atoms with Crippen LogP contribution in [0.15, 0.2) is 102 Å². The third-order valence-corrected chi connectivity index (χ3v) is 8.51. The number of carbonyl (C=O) groups is 1. The Hall–Kier alpha value is -2.98. The molecule has 2 heterocycles. The second-order valence-corrected chi connectivity index (χ2v) is 11.1. The Bertz CT molecular complexity index is 1300. The highest BCUT2D eigenvalue weighted by Crippen LogP contribution is 2.45. The lowest BCUT2D eigenvalue weighted by Crippen LogP contribution is -2.69. The fourth-order valence-corrected chi connectivity index (χ4v) is 6.20. The number of benzene rings is 3. The summed E-state index contributed by atoms with van der Waals surface area (Å²) < 4.78 is 38.8. The summed E-state index contributed by atoms with van der Waals surface area (Å²) in [6.07, 6.45) is -2.80. The SMILES string of the molecule is CO[C@@H]1O[C@@]2(CSC(C(C)=O)=C(C)O2)[C@@H](OCc2ccccc2)[C@H](OCc2ccccc2)[C@H]1OCc1ccccc1. The molecule has 41 heavy (non-hydrogen) atoms. The Kier molecular flexibility index (Phi) is 9.92. The van der Waals surface area contributed by atoms with Crippen LogP contribution in [-0.2, 0) is 53.0 Å². The third kappa shape index (κ3) is 7.09. The summed E-state index contributed by atoms with van der Waals surface area (Å²) >= 11 is 1.40. The first kappa shape index (κ1) is 29.5. The first-order valence-electron chi connectivity index (χ1n) is 13.7. The van der Waals surface area contributed by atoms with Crippen LogP contribution in [0.5, 0.6) is 0 Å². The highest BCUT2D eigenvalue weighted by molar-refractivity contribution is 8.04. The van der Waals surface area contributed by atoms with E-state index in [1.165, 1.54) is 18.7 Å². The minimum atomic E-state index is -1.28. The van der Waals surface area contributed by atoms with Crippen LogP contribution in [0.3, 0.4) is 0 Å². The summed E-state index contributed by atoms with van der Waals surface area (Å²) in [4.78, 5) is 12.9. The van der Waals surface area contributed by atoms with Gasteiger partial charge in [0.15, 0.2) is 18.2 Å². The summed E-state index contributed by atoms with van der Waals surface area (Å²) in [5.74, 6) is -0.529. The fraction of sp³-hybridized carbons (Fsp3) is 0.364. The Morgan fingerprint density at radius 3 is 1.76 bits per heavy atom. The fourth-order valence-electron chi connectivity index (χ4n) is 5.12. The number of Topliss-reactive ketones (excluding diaryl/α,β-unsaturated/α-hetero) is 1. The first-order chi connectivity index (χ1) is 20.0. The van der Waals surface area contributed by atoms with Gasteiger partial charge in [-0.2, -0.15) is 0 Å². The van der Waals surface area contributed by atoms with Crippen molar-refractivity contribution in [1.82, 2.24) is 0 Å². The molecule has 0 unspecified atom stereocenters. The smallest absolute Gasteiger partial charge is 0.250 e. The minimum absolute atomic E-state index is 0.0517. The number of methoxy groups -OCH3 is 1. The number of carbonyl (C=O) groups excluding carboxylic acids is 1. The Balaban J connectivity index is 1.51. The maximum Gasteiger partial charge on any atom is 0.250 e. The molecular formula is C33H36O7S. The van der Waals surface area contributed by atoms with E-state index in [4.69, 9.17) is 28.4 Å². The summed E-state index contributed by atoms with van der Waals surface area (Å²) in [6.45, 7) is 4.29. The van der Waals surface area contributed by atoms with Gasteiger partial charge in [-0.15, -0.1) is 11.8 Å². The molecule has 216 valence electrons. The molecule has 0 amide bonds. The van der Waals surface area contributed by atoms with Crippen molar-refractivity contribution in [2.75, 3.05) is 12.9 Å². The largest absolute Gasteiger partial charge is 0.462 e. The highest BCUT2D eigenvalue weighted by Gasteiger charge is 2.60. The molecule has 0 saturated carbocycles. The van der Waals surface area contributed by atoms with Gasteiger partial charge in [-0.1, -0.05) is 91.0 Å². The van der Waals surface area contributed by atoms with Gasteiger partial charge in [0.25, 0.3) is 5.79 Å². The van der Waals surface area contributed by atoms with Crippen LogP contribution in [0.25, 0.3) is 0 Å². The van der Waals surface area contributed by atoms with Gasteiger partial charge in [-0.05, 0) is 30.5 Å². The molecule has 7 nitrogen and oxygen atoms in total. The van der Waals surface area contributed by atoms with E-state index in [0.29, 0.717) is 36.2 Å². The predicted octanol–water partition coefficient (Wildman–Crippen LogP) is 6.03. The van der Waals surface area contributed by atoms with Crippen molar-refractivity contribution in [2.45, 2.75) is 64.1 Å². The lowest BCUT2D eigenvalue weighted by Gasteiger charge is -2.52. The molecule has 8 heteroatoms. The summed E-state index contributed by atoms with van der Waals surface area (Å²) in [5.41, 5.74) is 3.03. The van der Waals surface area contributed by atoms with Crippen LogP contribution in [0.4, 0.5) is 0 Å². The summed E-state index contributed by atoms with van der Waals surface area (Å²) in [6, 6.07) is 29.8. The molecule has 5 atom stereocenters. The zero-order valence-corrected chi connectivity index (χ0v) is 24.4. The minimum Gasteiger partial charge on any atom is -0.462 e. The van der Waals surface area contributed by atoms with Crippen LogP contribution < -0.4 is 0 Å². The van der Waals surface area contributed by atoms with E-state index in [1.54, 1.807) is 14.0 Å². The molecule has 0 aromatic heterocycles. The molecule has 1 saturated heterocycles. The summed E-state index contributed by atoms with van der Waals surface area (Å²) in [7, 11) is 1.58. The van der Waals surface area contributed by atoms with Gasteiger partial charge in [-0.25, -0.2) is 0 Å². The van der Waals surface area contributed by atoms with Gasteiger partial charge in [0.2, 0.25) is 0 Å². The number of rotatable bonds is 11. The molecule has 1 fully saturated rings. The molecule has 0 N–H and O–H groups in total. The zero-order chi connectivity index (χ0) is 28.7. The van der Waals surface area contributed by atoms with E-state index in [-0.39, 0.29) is 5.78 Å². The Labute approximate surface area is 245 Å². The van der Waals surface area contributed by atoms with Gasteiger partial charge >= 0.3 is 0 Å². The van der Waals surface area contributed by atoms with Crippen molar-refractivity contribution in [3.05, 3.63) is 118 Å². The number of ether oxygens (including phenoxy) is 6. The van der Waals surface area contributed by atoms with E-state index < -0.39 is 30.4 Å². The second-order valence-electron chi connectivity index (χ2n) is 10.1. The monoisotopic (exact) mass is 576 g/mol. The quantitative estimate of drug-likeness (QED) is 0.274. The van der Waals surface area contributed by atoms with Gasteiger partial charge in [0.1, 0.15) is 18.0 Å². The number of hydrogen-bond acceptors (Lipinski definition) is 8. The standard InChI is InChI=1S/C33H36O7S/c1-23(34)30-24(2)39-33(22-41-30)31(38-21-27-17-11-6-12-18-27)28(36-19-25-13-7-4-8-14-25)29(32(35-3)40-33)37-20-26-15-9-5-10-16-26/h4-18,28-29,31-32H,19-22H2,1-3H3/t28-,29-,31+,32-,33+/m1/s1. The number of hydrogen-bond donors (Lipinski definition) is 0. The highest BCUT2D eigenvalue weighted by atomic mass is 32.2. The molecule has 2 aliphatic rings. The Morgan fingerprint density at radius 1 is 0.805 bits per heavy atom. The van der Waals surface area contributed by atoms with Crippen LogP contribution in [0.2, 0.25) is 0 Å². The molecule has 0 bridgehead atoms. The van der Waals surface area contributed by atoms with Crippen LogP contribution in [0, 0.1) is 0 Å². The molecule has 0 radical (unpaired) electrons. The van der Waals surface area contributed by atoms with Gasteiger partial charge in [-0.3, -0.25) is 4.79 Å². The number of ketones is 1. The molecule has 3 aromatic carbocycles. The topological polar surface area (TPSA) is 72.5 Å². The zero-order valence-electron chi connectivity index (χ0n) is 23.6. The van der Waals surface area contributed by atoms with E-state index in [0.717, 1.165) is 16.7 Å². The Morgan fingerprint density at radius 2 is 1.29 bits per heavy atom. The summed E-state index contributed by atoms with van der Waals surface area (Å²) in [5, 5.41) is 0. The maximum atomic E-state index is 12.3. The molecule has 3 aromatic rings. The average molecular weight is 577 g/mol. The van der Waals surface area contributed by atoms with Crippen LogP contribution >= 0.6 is 11.8 Å². The van der Waals surface area contributed by atoms with E-state index in [2.05, 4.69) is 0 Å². The molecule has 0 aliphatic carbocycles. The molecule has 2 aliphatic heterocycles. The average Bonchev–Trinajstić information content (AvgIpc) is 3.00. The van der Waals surface area contributed by atoms with Gasteiger partial charge in [0.05, 0.1) is 30.5 Å². The van der Waals surface area contributed by atoms with E-state index >= 15 is 0 Å². The van der Waals surface area contributed by atoms with Gasteiger partial charge in [0, 0.05) is 7.11 Å². The predicted molar refractivity (Wildman–Crippen MR) is 157 cm³/mol. The molecular weight excluding hydrogens is 540 g/mol. The van der Waals surface area contributed by atoms with Crippen molar-refractivity contribution in [3.8, 4) is 0 Å². The van der Waals surface area contributed by atoms with Crippen molar-refractivity contribution in [3.63, 3.8) is 0 Å². The normalized spacial score (nSPS) is 26.1. The van der Waals surface area contributed by atoms with Crippen molar-refractivity contribution in [1.29, 1.82) is 0 Å². The van der Waals surface area contributed by atoms with Gasteiger partial charge < -0.3 is 28.4 Å². The molecule has 1 spiro atoms. The lowest BCUT2D eigenvalue weighted by atomic mass is 9.95. The third-order valence-electron chi connectivity index (χ3n) is 7.10. The van der Waals surface area contributed by atoms with Crippen molar-refractivity contribution < 1.29 is 33.2 Å². The van der Waals surface area contributed by atoms with E-state index in [1.807, 2.05) is 91.0 Å². The maximum absolute atomic E-state index is 12.3. The van der Waals surface area contributed by atoms with Crippen LogP contribution in [0.1, 0.15) is 30.5 Å². The van der Waals surface area contributed by atoms with Crippen LogP contribution in [-0.4, -0.2) is 49.0 Å². The van der Waals surface area contributed by atoms with Crippen molar-refractivity contribution in [2.24, 2.45) is 0 Å². The van der Waals surface area contributed by atoms with E-state index in [9.17, 15) is 4.79 Å². The second kappa shape index (κ2) is 13.8. The number of thioether (sulfide) groups is 1. The first-order valence-corrected chi connectivity index (χ1v) is 14.7. The lowest BCUT2D eigenvalue weighted by molar-refractivity contribution is -0.399. The number of allylic oxidation sites excluding steroid dienone is 2. The molecule has 5 rings (SSSR count).